The van der Waals surface area contributed by atoms with Crippen LogP contribution in [0.4, 0.5) is 5.13 Å². The van der Waals surface area contributed by atoms with Crippen LogP contribution in [0, 0.1) is 6.92 Å². The van der Waals surface area contributed by atoms with E-state index >= 15 is 0 Å². The van der Waals surface area contributed by atoms with Crippen molar-refractivity contribution in [2.24, 2.45) is 0 Å². The molecule has 0 aliphatic rings. The summed E-state index contributed by atoms with van der Waals surface area (Å²) in [5.74, 6) is -0.910. The highest BCUT2D eigenvalue weighted by Gasteiger charge is 2.19. The van der Waals surface area contributed by atoms with Gasteiger partial charge in [-0.1, -0.05) is 18.3 Å². The van der Waals surface area contributed by atoms with Crippen molar-refractivity contribution in [3.05, 3.63) is 10.6 Å². The summed E-state index contributed by atoms with van der Waals surface area (Å²) in [7, 11) is 0. The smallest absolute Gasteiger partial charge is 0.347 e. The Balaban J connectivity index is 2.89. The molecule has 1 aromatic rings. The van der Waals surface area contributed by atoms with Gasteiger partial charge in [0.05, 0.1) is 5.69 Å². The Bertz CT molecular complexity index is 371. The van der Waals surface area contributed by atoms with Crippen molar-refractivity contribution in [3.63, 3.8) is 0 Å². The second-order valence-corrected chi connectivity index (χ2v) is 5.10. The Kier molecular flexibility index (Phi) is 3.34. The van der Waals surface area contributed by atoms with Gasteiger partial charge in [-0.05, 0) is 27.2 Å². The average Bonchev–Trinajstić information content (AvgIpc) is 2.46. The number of rotatable bonds is 4. The molecule has 0 aromatic carbocycles. The van der Waals surface area contributed by atoms with Gasteiger partial charge in [-0.15, -0.1) is 0 Å². The topological polar surface area (TPSA) is 62.2 Å². The summed E-state index contributed by atoms with van der Waals surface area (Å²) in [5.41, 5.74) is 0.516. The van der Waals surface area contributed by atoms with Gasteiger partial charge in [0.15, 0.2) is 5.13 Å². The quantitative estimate of drug-likeness (QED) is 0.831. The van der Waals surface area contributed by atoms with E-state index in [1.807, 2.05) is 0 Å². The highest BCUT2D eigenvalue weighted by molar-refractivity contribution is 7.17. The zero-order valence-electron chi connectivity index (χ0n) is 9.42. The summed E-state index contributed by atoms with van der Waals surface area (Å²) in [6.07, 6.45) is 0.952. The third-order valence-electron chi connectivity index (χ3n) is 2.32. The van der Waals surface area contributed by atoms with Crippen LogP contribution < -0.4 is 5.32 Å². The van der Waals surface area contributed by atoms with Gasteiger partial charge >= 0.3 is 5.97 Å². The number of aromatic nitrogens is 1. The minimum atomic E-state index is -0.910. The van der Waals surface area contributed by atoms with Gasteiger partial charge in [0, 0.05) is 5.54 Å². The van der Waals surface area contributed by atoms with Crippen molar-refractivity contribution >= 4 is 22.4 Å². The second-order valence-electron chi connectivity index (χ2n) is 4.10. The van der Waals surface area contributed by atoms with Crippen LogP contribution >= 0.6 is 11.3 Å². The van der Waals surface area contributed by atoms with Crippen molar-refractivity contribution in [3.8, 4) is 0 Å². The normalized spacial score (nSPS) is 11.5. The molecule has 84 valence electrons. The van der Waals surface area contributed by atoms with Crippen LogP contribution in [-0.4, -0.2) is 21.6 Å². The number of anilines is 1. The molecule has 15 heavy (non-hydrogen) atoms. The Morgan fingerprint density at radius 2 is 2.20 bits per heavy atom. The molecule has 0 bridgehead atoms. The number of aryl methyl sites for hydroxylation is 1. The van der Waals surface area contributed by atoms with E-state index in [9.17, 15) is 4.79 Å². The Morgan fingerprint density at radius 1 is 1.60 bits per heavy atom. The summed E-state index contributed by atoms with van der Waals surface area (Å²) < 4.78 is 0. The molecule has 4 nitrogen and oxygen atoms in total. The van der Waals surface area contributed by atoms with E-state index in [1.54, 1.807) is 6.92 Å². The van der Waals surface area contributed by atoms with Crippen LogP contribution in [0.1, 0.15) is 42.6 Å². The largest absolute Gasteiger partial charge is 0.477 e. The first-order valence-electron chi connectivity index (χ1n) is 4.84. The van der Waals surface area contributed by atoms with Gasteiger partial charge in [0.1, 0.15) is 4.88 Å². The minimum Gasteiger partial charge on any atom is -0.477 e. The summed E-state index contributed by atoms with van der Waals surface area (Å²) in [6.45, 7) is 7.91. The van der Waals surface area contributed by atoms with Crippen LogP contribution in [0.25, 0.3) is 0 Å². The third kappa shape index (κ3) is 2.92. The molecular formula is C10H16N2O2S. The van der Waals surface area contributed by atoms with Crippen LogP contribution in [0.15, 0.2) is 0 Å². The molecule has 5 heteroatoms. The number of thiazole rings is 1. The fraction of sp³-hybridized carbons (Fsp3) is 0.600. The number of nitrogens with zero attached hydrogens (tertiary/aromatic N) is 1. The number of nitrogens with one attached hydrogen (secondary N) is 1. The van der Waals surface area contributed by atoms with Crippen molar-refractivity contribution in [2.75, 3.05) is 5.32 Å². The molecule has 0 fully saturated rings. The number of hydrogen-bond acceptors (Lipinski definition) is 4. The first-order chi connectivity index (χ1) is 6.85. The maximum atomic E-state index is 10.8. The molecule has 1 aromatic heterocycles. The molecule has 0 spiro atoms. The van der Waals surface area contributed by atoms with Crippen LogP contribution in [0.2, 0.25) is 0 Å². The standard InChI is InChI=1S/C10H16N2O2S/c1-5-10(3,4)12-9-11-6(2)7(15-9)8(13)14/h5H2,1-4H3,(H,11,12)(H,13,14). The summed E-state index contributed by atoms with van der Waals surface area (Å²) >= 11 is 1.19. The number of hydrogen-bond donors (Lipinski definition) is 2. The average molecular weight is 228 g/mol. The maximum Gasteiger partial charge on any atom is 0.347 e. The van der Waals surface area contributed by atoms with Gasteiger partial charge in [-0.25, -0.2) is 9.78 Å². The van der Waals surface area contributed by atoms with Gasteiger partial charge < -0.3 is 10.4 Å². The Hall–Kier alpha value is -1.10. The van der Waals surface area contributed by atoms with E-state index in [2.05, 4.69) is 31.1 Å². The van der Waals surface area contributed by atoms with E-state index in [-0.39, 0.29) is 5.54 Å². The second kappa shape index (κ2) is 4.18. The minimum absolute atomic E-state index is 0.0555. The molecule has 0 atom stereocenters. The van der Waals surface area contributed by atoms with E-state index in [0.717, 1.165) is 6.42 Å². The van der Waals surface area contributed by atoms with Crippen LogP contribution in [0.3, 0.4) is 0 Å². The summed E-state index contributed by atoms with van der Waals surface area (Å²) in [6, 6.07) is 0. The molecule has 1 heterocycles. The predicted molar refractivity (Wildman–Crippen MR) is 61.8 cm³/mol. The van der Waals surface area contributed by atoms with Crippen molar-refractivity contribution in [2.45, 2.75) is 39.7 Å². The van der Waals surface area contributed by atoms with Crippen molar-refractivity contribution < 1.29 is 9.90 Å². The van der Waals surface area contributed by atoms with Gasteiger partial charge in [-0.3, -0.25) is 0 Å². The van der Waals surface area contributed by atoms with Crippen molar-refractivity contribution in [1.29, 1.82) is 0 Å². The van der Waals surface area contributed by atoms with Gasteiger partial charge in [-0.2, -0.15) is 0 Å². The SMILES string of the molecule is CCC(C)(C)Nc1nc(C)c(C(=O)O)s1. The first kappa shape index (κ1) is 12.0. The zero-order chi connectivity index (χ0) is 11.6. The fourth-order valence-electron chi connectivity index (χ4n) is 1.03. The van der Waals surface area contributed by atoms with Crippen LogP contribution in [0.5, 0.6) is 0 Å². The first-order valence-corrected chi connectivity index (χ1v) is 5.66. The highest BCUT2D eigenvalue weighted by atomic mass is 32.1. The number of carboxylic acid groups (broad SMARTS) is 1. The lowest BCUT2D eigenvalue weighted by Crippen LogP contribution is -2.29. The van der Waals surface area contributed by atoms with E-state index in [0.29, 0.717) is 15.7 Å². The van der Waals surface area contributed by atoms with E-state index in [4.69, 9.17) is 5.11 Å². The lowest BCUT2D eigenvalue weighted by Gasteiger charge is -2.23. The molecular weight excluding hydrogens is 212 g/mol. The Morgan fingerprint density at radius 3 is 2.60 bits per heavy atom. The van der Waals surface area contributed by atoms with E-state index in [1.165, 1.54) is 11.3 Å². The fourth-order valence-corrected chi connectivity index (χ4v) is 2.01. The number of carbonyl (C=O) groups is 1. The molecule has 0 saturated carbocycles. The predicted octanol–water partition coefficient (Wildman–Crippen LogP) is 2.75. The molecule has 0 aliphatic carbocycles. The summed E-state index contributed by atoms with van der Waals surface area (Å²) in [4.78, 5) is 15.3. The highest BCUT2D eigenvalue weighted by Crippen LogP contribution is 2.26. The maximum absolute atomic E-state index is 10.8. The molecule has 0 saturated heterocycles. The molecule has 0 amide bonds. The Labute approximate surface area is 93.4 Å². The molecule has 2 N–H and O–H groups in total. The molecule has 1 rings (SSSR count). The molecule has 0 unspecified atom stereocenters. The lowest BCUT2D eigenvalue weighted by molar-refractivity contribution is 0.0701. The lowest BCUT2D eigenvalue weighted by atomic mass is 10.0. The monoisotopic (exact) mass is 228 g/mol. The molecule has 0 radical (unpaired) electrons. The third-order valence-corrected chi connectivity index (χ3v) is 3.38. The van der Waals surface area contributed by atoms with Gasteiger partial charge in [0.2, 0.25) is 0 Å². The molecule has 0 aliphatic heterocycles. The van der Waals surface area contributed by atoms with Crippen molar-refractivity contribution in [1.82, 2.24) is 4.98 Å². The number of carboxylic acids is 1. The van der Waals surface area contributed by atoms with Crippen LogP contribution in [-0.2, 0) is 0 Å². The summed E-state index contributed by atoms with van der Waals surface area (Å²) in [5, 5.41) is 12.8. The van der Waals surface area contributed by atoms with E-state index < -0.39 is 5.97 Å². The number of aromatic carboxylic acids is 1. The van der Waals surface area contributed by atoms with Gasteiger partial charge in [0.25, 0.3) is 0 Å². The zero-order valence-corrected chi connectivity index (χ0v) is 10.2.